The SMILES string of the molecule is Cc1cc(C(C(=O)N2C[C@H](O)C[C@H]2C(=O)N[C@@H](C)c2ccc(-c3scnc3C)cc2)C(C)(C)CN2CCNCC2)on1. The number of hydrogen-bond donors (Lipinski definition) is 3. The average Bonchev–Trinajstić information content (AvgIpc) is 3.68. The van der Waals surface area contributed by atoms with Gasteiger partial charge in [0.15, 0.2) is 0 Å². The Balaban J connectivity index is 1.33. The summed E-state index contributed by atoms with van der Waals surface area (Å²) in [5.74, 6) is -0.667. The van der Waals surface area contributed by atoms with Crippen LogP contribution in [0.2, 0.25) is 0 Å². The number of nitrogens with one attached hydrogen (secondary N) is 2. The molecule has 11 heteroatoms. The Morgan fingerprint density at radius 3 is 2.55 bits per heavy atom. The first-order valence-electron chi connectivity index (χ1n) is 14.7. The van der Waals surface area contributed by atoms with Crippen molar-refractivity contribution in [3.05, 3.63) is 58.6 Å². The van der Waals surface area contributed by atoms with Gasteiger partial charge in [-0.1, -0.05) is 43.3 Å². The number of nitrogens with zero attached hydrogens (tertiary/aromatic N) is 4. The number of hydrogen-bond acceptors (Lipinski definition) is 9. The van der Waals surface area contributed by atoms with Crippen molar-refractivity contribution >= 4 is 23.2 Å². The number of aromatic nitrogens is 2. The van der Waals surface area contributed by atoms with Crippen LogP contribution in [0.4, 0.5) is 0 Å². The molecule has 2 aliphatic heterocycles. The maximum absolute atomic E-state index is 14.3. The van der Waals surface area contributed by atoms with E-state index in [1.807, 2.05) is 56.6 Å². The van der Waals surface area contributed by atoms with Crippen LogP contribution < -0.4 is 10.6 Å². The smallest absolute Gasteiger partial charge is 0.243 e. The summed E-state index contributed by atoms with van der Waals surface area (Å²) < 4.78 is 5.68. The number of aliphatic hydroxyl groups is 1. The maximum atomic E-state index is 14.3. The van der Waals surface area contributed by atoms with Crippen molar-refractivity contribution in [2.75, 3.05) is 39.3 Å². The van der Waals surface area contributed by atoms with Crippen molar-refractivity contribution in [3.8, 4) is 10.4 Å². The summed E-state index contributed by atoms with van der Waals surface area (Å²) in [4.78, 5) is 37.4. The number of aryl methyl sites for hydroxylation is 2. The summed E-state index contributed by atoms with van der Waals surface area (Å²) in [6, 6.07) is 8.84. The van der Waals surface area contributed by atoms with Gasteiger partial charge in [0.2, 0.25) is 11.8 Å². The first-order valence-corrected chi connectivity index (χ1v) is 15.6. The van der Waals surface area contributed by atoms with Crippen LogP contribution in [0.5, 0.6) is 0 Å². The lowest BCUT2D eigenvalue weighted by Crippen LogP contribution is -2.52. The van der Waals surface area contributed by atoms with Crippen LogP contribution in [-0.2, 0) is 9.59 Å². The zero-order valence-electron chi connectivity index (χ0n) is 25.1. The fourth-order valence-electron chi connectivity index (χ4n) is 6.26. The number of amides is 2. The van der Waals surface area contributed by atoms with E-state index < -0.39 is 23.5 Å². The largest absolute Gasteiger partial charge is 0.391 e. The molecule has 0 aliphatic carbocycles. The first kappa shape index (κ1) is 30.3. The van der Waals surface area contributed by atoms with Crippen molar-refractivity contribution < 1.29 is 19.2 Å². The third-order valence-corrected chi connectivity index (χ3v) is 9.42. The summed E-state index contributed by atoms with van der Waals surface area (Å²) in [6.45, 7) is 14.3. The Hall–Kier alpha value is -3.12. The summed E-state index contributed by atoms with van der Waals surface area (Å²) in [5.41, 5.74) is 5.06. The number of benzene rings is 1. The molecule has 0 saturated carbocycles. The summed E-state index contributed by atoms with van der Waals surface area (Å²) >= 11 is 1.60. The van der Waals surface area contributed by atoms with Crippen LogP contribution in [0.3, 0.4) is 0 Å². The van der Waals surface area contributed by atoms with Crippen molar-refractivity contribution in [1.29, 1.82) is 0 Å². The Bertz CT molecular complexity index is 1380. The van der Waals surface area contributed by atoms with Crippen molar-refractivity contribution in [2.24, 2.45) is 5.41 Å². The predicted octanol–water partition coefficient (Wildman–Crippen LogP) is 3.27. The molecule has 1 aromatic carbocycles. The van der Waals surface area contributed by atoms with Crippen LogP contribution in [-0.4, -0.2) is 88.3 Å². The monoisotopic (exact) mass is 594 g/mol. The molecule has 10 nitrogen and oxygen atoms in total. The standard InChI is InChI=1S/C31H42N6O4S/c1-19-14-26(41-35-19)27(31(4,5)17-36-12-10-32-11-13-36)30(40)37-16-24(38)15-25(37)29(39)34-20(2)22-6-8-23(9-7-22)28-21(3)33-18-42-28/h6-9,14,18,20,24-25,27,32,38H,10-13,15-17H2,1-5H3,(H,34,39)/t20-,24+,25-,27?/m0/s1. The highest BCUT2D eigenvalue weighted by atomic mass is 32.1. The molecule has 2 aromatic heterocycles. The number of piperazine rings is 1. The summed E-state index contributed by atoms with van der Waals surface area (Å²) in [7, 11) is 0. The molecule has 2 fully saturated rings. The molecule has 3 aromatic rings. The molecule has 1 unspecified atom stereocenters. The number of carbonyl (C=O) groups is 2. The van der Waals surface area contributed by atoms with E-state index in [4.69, 9.17) is 4.52 Å². The van der Waals surface area contributed by atoms with Gasteiger partial charge in [-0.3, -0.25) is 9.59 Å². The van der Waals surface area contributed by atoms with Crippen LogP contribution >= 0.6 is 11.3 Å². The van der Waals surface area contributed by atoms with E-state index in [1.165, 1.54) is 0 Å². The number of rotatable bonds is 9. The highest BCUT2D eigenvalue weighted by molar-refractivity contribution is 7.13. The highest BCUT2D eigenvalue weighted by Gasteiger charge is 2.48. The Morgan fingerprint density at radius 2 is 1.93 bits per heavy atom. The highest BCUT2D eigenvalue weighted by Crippen LogP contribution is 2.40. The van der Waals surface area contributed by atoms with Gasteiger partial charge in [-0.2, -0.15) is 0 Å². The third kappa shape index (κ3) is 6.59. The molecule has 2 amide bonds. The molecule has 0 radical (unpaired) electrons. The second kappa shape index (κ2) is 12.6. The molecule has 2 saturated heterocycles. The zero-order valence-corrected chi connectivity index (χ0v) is 25.9. The van der Waals surface area contributed by atoms with E-state index in [0.29, 0.717) is 18.0 Å². The number of thiazole rings is 1. The molecule has 0 bridgehead atoms. The van der Waals surface area contributed by atoms with Crippen molar-refractivity contribution in [1.82, 2.24) is 30.6 Å². The van der Waals surface area contributed by atoms with Gasteiger partial charge in [-0.15, -0.1) is 11.3 Å². The van der Waals surface area contributed by atoms with Crippen LogP contribution in [0.25, 0.3) is 10.4 Å². The van der Waals surface area contributed by atoms with E-state index in [1.54, 1.807) is 16.2 Å². The Labute approximate surface area is 251 Å². The van der Waals surface area contributed by atoms with Gasteiger partial charge in [-0.25, -0.2) is 4.98 Å². The Morgan fingerprint density at radius 1 is 1.21 bits per heavy atom. The fourth-order valence-corrected chi connectivity index (χ4v) is 7.08. The Kier molecular flexibility index (Phi) is 9.12. The molecule has 5 rings (SSSR count). The number of aliphatic hydroxyl groups excluding tert-OH is 1. The van der Waals surface area contributed by atoms with Crippen LogP contribution in [0.1, 0.15) is 61.9 Å². The van der Waals surface area contributed by atoms with Gasteiger partial charge in [0.25, 0.3) is 0 Å². The summed E-state index contributed by atoms with van der Waals surface area (Å²) in [6.07, 6.45) is -0.593. The molecule has 226 valence electrons. The lowest BCUT2D eigenvalue weighted by Gasteiger charge is -2.40. The topological polar surface area (TPSA) is 124 Å². The zero-order chi connectivity index (χ0) is 30.0. The molecule has 2 aliphatic rings. The van der Waals surface area contributed by atoms with E-state index in [-0.39, 0.29) is 30.8 Å². The quantitative estimate of drug-likeness (QED) is 0.345. The second-order valence-corrected chi connectivity index (χ2v) is 13.2. The van der Waals surface area contributed by atoms with Gasteiger partial charge in [0, 0.05) is 51.8 Å². The minimum Gasteiger partial charge on any atom is -0.391 e. The number of β-amino-alcohol motifs (C(OH)–C–C–N with tert-alkyl or cyclic N) is 1. The van der Waals surface area contributed by atoms with Crippen molar-refractivity contribution in [3.63, 3.8) is 0 Å². The third-order valence-electron chi connectivity index (χ3n) is 8.44. The van der Waals surface area contributed by atoms with E-state index in [2.05, 4.69) is 39.5 Å². The predicted molar refractivity (Wildman–Crippen MR) is 162 cm³/mol. The van der Waals surface area contributed by atoms with E-state index in [0.717, 1.165) is 47.9 Å². The van der Waals surface area contributed by atoms with Crippen molar-refractivity contribution in [2.45, 2.75) is 65.1 Å². The van der Waals surface area contributed by atoms with Gasteiger partial charge < -0.3 is 30.1 Å². The van der Waals surface area contributed by atoms with Gasteiger partial charge in [0.05, 0.1) is 33.9 Å². The van der Waals surface area contributed by atoms with Gasteiger partial charge in [-0.05, 0) is 37.3 Å². The molecule has 0 spiro atoms. The second-order valence-electron chi connectivity index (χ2n) is 12.3. The van der Waals surface area contributed by atoms with E-state index >= 15 is 0 Å². The minimum absolute atomic E-state index is 0.0987. The minimum atomic E-state index is -0.782. The summed E-state index contributed by atoms with van der Waals surface area (Å²) in [5, 5.41) is 21.2. The normalized spacial score (nSPS) is 21.3. The number of likely N-dealkylation sites (tertiary alicyclic amines) is 1. The molecule has 42 heavy (non-hydrogen) atoms. The van der Waals surface area contributed by atoms with E-state index in [9.17, 15) is 14.7 Å². The molecule has 4 atom stereocenters. The van der Waals surface area contributed by atoms with Crippen LogP contribution in [0, 0.1) is 19.3 Å². The maximum Gasteiger partial charge on any atom is 0.243 e. The molecular formula is C31H42N6O4S. The lowest BCUT2D eigenvalue weighted by molar-refractivity contribution is -0.142. The van der Waals surface area contributed by atoms with Gasteiger partial charge in [0.1, 0.15) is 17.7 Å². The molecule has 3 N–H and O–H groups in total. The average molecular weight is 595 g/mol. The lowest BCUT2D eigenvalue weighted by atomic mass is 9.75. The molecular weight excluding hydrogens is 552 g/mol. The molecule has 4 heterocycles. The fraction of sp³-hybridized carbons (Fsp3) is 0.548. The number of carbonyl (C=O) groups excluding carboxylic acids is 2. The van der Waals surface area contributed by atoms with Gasteiger partial charge >= 0.3 is 0 Å². The van der Waals surface area contributed by atoms with Crippen LogP contribution in [0.15, 0.2) is 40.4 Å². The first-order chi connectivity index (χ1) is 20.0.